The molecule has 0 unspecified atom stereocenters. The van der Waals surface area contributed by atoms with Crippen molar-refractivity contribution in [2.45, 2.75) is 51.0 Å². The molecule has 1 aliphatic carbocycles. The minimum atomic E-state index is -0.610. The SMILES string of the molecule is CCNC(=NCC1(O)CCCCC1)NCCc1ccccn1. The van der Waals surface area contributed by atoms with Gasteiger partial charge in [-0.2, -0.15) is 0 Å². The number of aromatic nitrogens is 1. The molecule has 5 nitrogen and oxygen atoms in total. The Balaban J connectivity index is 1.81. The molecular weight excluding hydrogens is 276 g/mol. The van der Waals surface area contributed by atoms with E-state index in [2.05, 4.69) is 20.6 Å². The second-order valence-corrected chi connectivity index (χ2v) is 5.98. The zero-order chi connectivity index (χ0) is 15.7. The fourth-order valence-electron chi connectivity index (χ4n) is 2.79. The van der Waals surface area contributed by atoms with E-state index >= 15 is 0 Å². The molecule has 0 radical (unpaired) electrons. The number of nitrogens with zero attached hydrogens (tertiary/aromatic N) is 2. The minimum Gasteiger partial charge on any atom is -0.388 e. The van der Waals surface area contributed by atoms with Crippen molar-refractivity contribution >= 4 is 5.96 Å². The summed E-state index contributed by atoms with van der Waals surface area (Å²) in [7, 11) is 0. The van der Waals surface area contributed by atoms with Crippen LogP contribution in [0.15, 0.2) is 29.4 Å². The number of pyridine rings is 1. The third kappa shape index (κ3) is 5.64. The molecule has 3 N–H and O–H groups in total. The number of rotatable bonds is 6. The Labute approximate surface area is 133 Å². The van der Waals surface area contributed by atoms with Crippen molar-refractivity contribution in [3.8, 4) is 0 Å². The molecule has 1 aromatic rings. The second kappa shape index (κ2) is 8.73. The van der Waals surface area contributed by atoms with Gasteiger partial charge >= 0.3 is 0 Å². The van der Waals surface area contributed by atoms with Crippen LogP contribution in [0.5, 0.6) is 0 Å². The molecule has 0 aromatic carbocycles. The zero-order valence-electron chi connectivity index (χ0n) is 13.5. The van der Waals surface area contributed by atoms with E-state index < -0.39 is 5.60 Å². The monoisotopic (exact) mass is 304 g/mol. The van der Waals surface area contributed by atoms with Crippen LogP contribution in [0, 0.1) is 0 Å². The fraction of sp³-hybridized carbons (Fsp3) is 0.647. The predicted molar refractivity (Wildman–Crippen MR) is 90.0 cm³/mol. The van der Waals surface area contributed by atoms with E-state index in [-0.39, 0.29) is 0 Å². The van der Waals surface area contributed by atoms with Gasteiger partial charge in [0.1, 0.15) is 0 Å². The predicted octanol–water partition coefficient (Wildman–Crippen LogP) is 1.87. The molecule has 0 amide bonds. The lowest BCUT2D eigenvalue weighted by molar-refractivity contribution is 0.0131. The van der Waals surface area contributed by atoms with Crippen molar-refractivity contribution in [2.24, 2.45) is 4.99 Å². The summed E-state index contributed by atoms with van der Waals surface area (Å²) in [6, 6.07) is 5.95. The van der Waals surface area contributed by atoms with Crippen molar-refractivity contribution in [3.05, 3.63) is 30.1 Å². The van der Waals surface area contributed by atoms with E-state index in [0.717, 1.165) is 56.8 Å². The van der Waals surface area contributed by atoms with Gasteiger partial charge in [0.15, 0.2) is 5.96 Å². The maximum Gasteiger partial charge on any atom is 0.191 e. The molecular formula is C17H28N4O. The highest BCUT2D eigenvalue weighted by molar-refractivity contribution is 5.79. The maximum absolute atomic E-state index is 10.5. The van der Waals surface area contributed by atoms with Gasteiger partial charge in [0, 0.05) is 31.4 Å². The number of aliphatic hydroxyl groups is 1. The van der Waals surface area contributed by atoms with Crippen LogP contribution in [0.2, 0.25) is 0 Å². The lowest BCUT2D eigenvalue weighted by atomic mass is 9.85. The molecule has 122 valence electrons. The zero-order valence-corrected chi connectivity index (χ0v) is 13.5. The number of guanidine groups is 1. The Hall–Kier alpha value is -1.62. The topological polar surface area (TPSA) is 69.5 Å². The van der Waals surface area contributed by atoms with E-state index in [9.17, 15) is 5.11 Å². The van der Waals surface area contributed by atoms with Gasteiger partial charge in [-0.3, -0.25) is 9.98 Å². The molecule has 2 rings (SSSR count). The number of nitrogens with one attached hydrogen (secondary N) is 2. The van der Waals surface area contributed by atoms with Crippen LogP contribution in [0.3, 0.4) is 0 Å². The van der Waals surface area contributed by atoms with E-state index in [1.54, 1.807) is 0 Å². The standard InChI is InChI=1S/C17H28N4O/c1-2-18-16(20-13-9-15-8-4-7-12-19-15)21-14-17(22)10-5-3-6-11-17/h4,7-8,12,22H,2-3,5-6,9-11,13-14H2,1H3,(H2,18,20,21). The molecule has 1 aromatic heterocycles. The first-order valence-corrected chi connectivity index (χ1v) is 8.36. The summed E-state index contributed by atoms with van der Waals surface area (Å²) in [6.07, 6.45) is 7.84. The maximum atomic E-state index is 10.5. The van der Waals surface area contributed by atoms with Gasteiger partial charge in [0.2, 0.25) is 0 Å². The molecule has 0 bridgehead atoms. The van der Waals surface area contributed by atoms with E-state index in [1.807, 2.05) is 31.3 Å². The van der Waals surface area contributed by atoms with Crippen LogP contribution >= 0.6 is 0 Å². The number of aliphatic imine (C=N–C) groups is 1. The van der Waals surface area contributed by atoms with Crippen molar-refractivity contribution < 1.29 is 5.11 Å². The van der Waals surface area contributed by atoms with Gasteiger partial charge in [0.25, 0.3) is 0 Å². The quantitative estimate of drug-likeness (QED) is 0.554. The van der Waals surface area contributed by atoms with Crippen molar-refractivity contribution in [1.29, 1.82) is 0 Å². The molecule has 0 atom stereocenters. The summed E-state index contributed by atoms with van der Waals surface area (Å²) in [6.45, 7) is 4.12. The lowest BCUT2D eigenvalue weighted by Crippen LogP contribution is -2.41. The Bertz CT molecular complexity index is 455. The van der Waals surface area contributed by atoms with Crippen LogP contribution in [-0.4, -0.2) is 41.3 Å². The summed E-state index contributed by atoms with van der Waals surface area (Å²) in [5.74, 6) is 0.775. The Morgan fingerprint density at radius 1 is 1.27 bits per heavy atom. The fourth-order valence-corrected chi connectivity index (χ4v) is 2.79. The summed E-state index contributed by atoms with van der Waals surface area (Å²) < 4.78 is 0. The van der Waals surface area contributed by atoms with Gasteiger partial charge in [0.05, 0.1) is 12.1 Å². The highest BCUT2D eigenvalue weighted by atomic mass is 16.3. The normalized spacial score (nSPS) is 18.0. The summed E-state index contributed by atoms with van der Waals surface area (Å²) in [5, 5.41) is 17.1. The average Bonchev–Trinajstić information content (AvgIpc) is 2.54. The van der Waals surface area contributed by atoms with Crippen molar-refractivity contribution in [3.63, 3.8) is 0 Å². The van der Waals surface area contributed by atoms with Crippen LogP contribution in [0.25, 0.3) is 0 Å². The molecule has 0 aliphatic heterocycles. The Kier molecular flexibility index (Phi) is 6.65. The largest absolute Gasteiger partial charge is 0.388 e. The van der Waals surface area contributed by atoms with Crippen LogP contribution < -0.4 is 10.6 Å². The van der Waals surface area contributed by atoms with Crippen LogP contribution in [0.4, 0.5) is 0 Å². The number of hydrogen-bond donors (Lipinski definition) is 3. The van der Waals surface area contributed by atoms with Crippen LogP contribution in [0.1, 0.15) is 44.7 Å². The second-order valence-electron chi connectivity index (χ2n) is 5.98. The third-order valence-corrected chi connectivity index (χ3v) is 4.06. The smallest absolute Gasteiger partial charge is 0.191 e. The highest BCUT2D eigenvalue weighted by Gasteiger charge is 2.28. The summed E-state index contributed by atoms with van der Waals surface area (Å²) in [5.41, 5.74) is 0.457. The molecule has 1 aliphatic rings. The Morgan fingerprint density at radius 3 is 2.77 bits per heavy atom. The van der Waals surface area contributed by atoms with Gasteiger partial charge in [-0.1, -0.05) is 25.3 Å². The molecule has 1 heterocycles. The molecule has 1 saturated carbocycles. The summed E-state index contributed by atoms with van der Waals surface area (Å²) >= 11 is 0. The van der Waals surface area contributed by atoms with Crippen LogP contribution in [-0.2, 0) is 6.42 Å². The van der Waals surface area contributed by atoms with Gasteiger partial charge in [-0.05, 0) is 31.9 Å². The molecule has 5 heteroatoms. The summed E-state index contributed by atoms with van der Waals surface area (Å²) in [4.78, 5) is 8.88. The van der Waals surface area contributed by atoms with Gasteiger partial charge in [-0.25, -0.2) is 0 Å². The van der Waals surface area contributed by atoms with Crippen molar-refractivity contribution in [2.75, 3.05) is 19.6 Å². The molecule has 0 saturated heterocycles. The van der Waals surface area contributed by atoms with E-state index in [1.165, 1.54) is 6.42 Å². The van der Waals surface area contributed by atoms with Crippen molar-refractivity contribution in [1.82, 2.24) is 15.6 Å². The number of hydrogen-bond acceptors (Lipinski definition) is 3. The minimum absolute atomic E-state index is 0.478. The average molecular weight is 304 g/mol. The first-order chi connectivity index (χ1) is 10.7. The highest BCUT2D eigenvalue weighted by Crippen LogP contribution is 2.28. The van der Waals surface area contributed by atoms with Gasteiger partial charge < -0.3 is 15.7 Å². The first-order valence-electron chi connectivity index (χ1n) is 8.36. The first kappa shape index (κ1) is 16.7. The van der Waals surface area contributed by atoms with E-state index in [4.69, 9.17) is 0 Å². The lowest BCUT2D eigenvalue weighted by Gasteiger charge is -2.30. The van der Waals surface area contributed by atoms with Gasteiger partial charge in [-0.15, -0.1) is 0 Å². The molecule has 0 spiro atoms. The molecule has 1 fully saturated rings. The van der Waals surface area contributed by atoms with E-state index in [0.29, 0.717) is 6.54 Å². The molecule has 22 heavy (non-hydrogen) atoms. The Morgan fingerprint density at radius 2 is 2.09 bits per heavy atom. The third-order valence-electron chi connectivity index (χ3n) is 4.06.